The van der Waals surface area contributed by atoms with Crippen LogP contribution in [0.3, 0.4) is 0 Å². The zero-order chi connectivity index (χ0) is 17.8. The standard InChI is InChI=1S/C18H25N3O4/c1-12(11-21-4-6-25-7-5-21)19-18(22)15-9-13-8-14(23-2)10-16(24-3)17(13)20-15/h8-10,12,20H,4-7,11H2,1-3H3,(H,19,22)/t12-/m1/s1. The highest BCUT2D eigenvalue weighted by molar-refractivity contribution is 6.00. The Kier molecular flexibility index (Phi) is 5.45. The number of hydrogen-bond acceptors (Lipinski definition) is 5. The van der Waals surface area contributed by atoms with Crippen molar-refractivity contribution in [2.75, 3.05) is 47.1 Å². The first-order valence-electron chi connectivity index (χ1n) is 8.46. The molecule has 1 amide bonds. The maximum atomic E-state index is 12.6. The van der Waals surface area contributed by atoms with E-state index in [0.717, 1.165) is 43.8 Å². The molecule has 0 unspecified atom stereocenters. The van der Waals surface area contributed by atoms with E-state index >= 15 is 0 Å². The molecule has 1 saturated heterocycles. The number of rotatable bonds is 6. The second-order valence-corrected chi connectivity index (χ2v) is 6.26. The molecule has 1 atom stereocenters. The molecule has 0 saturated carbocycles. The van der Waals surface area contributed by atoms with Crippen molar-refractivity contribution in [1.29, 1.82) is 0 Å². The van der Waals surface area contributed by atoms with Gasteiger partial charge in [0.15, 0.2) is 0 Å². The fraction of sp³-hybridized carbons (Fsp3) is 0.500. The Balaban J connectivity index is 1.71. The Morgan fingerprint density at radius 3 is 2.72 bits per heavy atom. The summed E-state index contributed by atoms with van der Waals surface area (Å²) >= 11 is 0. The Morgan fingerprint density at radius 2 is 2.04 bits per heavy atom. The number of morpholine rings is 1. The topological polar surface area (TPSA) is 75.8 Å². The number of methoxy groups -OCH3 is 2. The van der Waals surface area contributed by atoms with E-state index in [9.17, 15) is 4.79 Å². The predicted molar refractivity (Wildman–Crippen MR) is 95.6 cm³/mol. The van der Waals surface area contributed by atoms with Crippen LogP contribution in [-0.2, 0) is 4.74 Å². The molecule has 2 aromatic rings. The maximum absolute atomic E-state index is 12.6. The van der Waals surface area contributed by atoms with Crippen LogP contribution in [0.25, 0.3) is 10.9 Å². The molecule has 2 heterocycles. The molecule has 0 spiro atoms. The normalized spacial score (nSPS) is 16.6. The third kappa shape index (κ3) is 4.05. The van der Waals surface area contributed by atoms with E-state index in [1.807, 2.05) is 19.1 Å². The third-order valence-electron chi connectivity index (χ3n) is 4.38. The molecule has 0 radical (unpaired) electrons. The van der Waals surface area contributed by atoms with Gasteiger partial charge in [0.05, 0.1) is 33.0 Å². The van der Waals surface area contributed by atoms with Gasteiger partial charge in [-0.1, -0.05) is 0 Å². The average molecular weight is 347 g/mol. The van der Waals surface area contributed by atoms with E-state index in [2.05, 4.69) is 15.2 Å². The number of carbonyl (C=O) groups excluding carboxylic acids is 1. The van der Waals surface area contributed by atoms with Crippen LogP contribution in [0.1, 0.15) is 17.4 Å². The molecule has 2 N–H and O–H groups in total. The smallest absolute Gasteiger partial charge is 0.267 e. The lowest BCUT2D eigenvalue weighted by molar-refractivity contribution is 0.0342. The van der Waals surface area contributed by atoms with Crippen LogP contribution >= 0.6 is 0 Å². The number of carbonyl (C=O) groups is 1. The number of nitrogens with one attached hydrogen (secondary N) is 2. The van der Waals surface area contributed by atoms with Gasteiger partial charge < -0.3 is 24.5 Å². The summed E-state index contributed by atoms with van der Waals surface area (Å²) < 4.78 is 16.0. The lowest BCUT2D eigenvalue weighted by atomic mass is 10.2. The molecular formula is C18H25N3O4. The van der Waals surface area contributed by atoms with Crippen LogP contribution in [0, 0.1) is 0 Å². The average Bonchev–Trinajstić information content (AvgIpc) is 3.05. The summed E-state index contributed by atoms with van der Waals surface area (Å²) in [5, 5.41) is 3.92. The zero-order valence-corrected chi connectivity index (χ0v) is 14.9. The number of aromatic amines is 1. The molecule has 0 bridgehead atoms. The number of amides is 1. The highest BCUT2D eigenvalue weighted by Crippen LogP contribution is 2.31. The van der Waals surface area contributed by atoms with E-state index in [-0.39, 0.29) is 11.9 Å². The van der Waals surface area contributed by atoms with Crippen molar-refractivity contribution in [1.82, 2.24) is 15.2 Å². The fourth-order valence-electron chi connectivity index (χ4n) is 3.10. The fourth-order valence-corrected chi connectivity index (χ4v) is 3.10. The lowest BCUT2D eigenvalue weighted by Crippen LogP contribution is -2.46. The van der Waals surface area contributed by atoms with Gasteiger partial charge in [-0.2, -0.15) is 0 Å². The number of H-pyrrole nitrogens is 1. The summed E-state index contributed by atoms with van der Waals surface area (Å²) in [7, 11) is 3.20. The number of aromatic nitrogens is 1. The summed E-state index contributed by atoms with van der Waals surface area (Å²) in [4.78, 5) is 18.0. The van der Waals surface area contributed by atoms with E-state index in [0.29, 0.717) is 17.2 Å². The predicted octanol–water partition coefficient (Wildman–Crippen LogP) is 1.64. The first kappa shape index (κ1) is 17.6. The monoisotopic (exact) mass is 347 g/mol. The Bertz CT molecular complexity index is 737. The minimum atomic E-state index is -0.127. The number of fused-ring (bicyclic) bond motifs is 1. The van der Waals surface area contributed by atoms with Crippen LogP contribution < -0.4 is 14.8 Å². The van der Waals surface area contributed by atoms with Crippen molar-refractivity contribution in [3.8, 4) is 11.5 Å². The quantitative estimate of drug-likeness (QED) is 0.831. The largest absolute Gasteiger partial charge is 0.497 e. The number of hydrogen-bond donors (Lipinski definition) is 2. The van der Waals surface area contributed by atoms with Gasteiger partial charge in [-0.05, 0) is 19.1 Å². The SMILES string of the molecule is COc1cc(OC)c2[nH]c(C(=O)N[C@H](C)CN3CCOCC3)cc2c1. The molecule has 7 heteroatoms. The highest BCUT2D eigenvalue weighted by atomic mass is 16.5. The summed E-state index contributed by atoms with van der Waals surface area (Å²) in [5.74, 6) is 1.21. The minimum Gasteiger partial charge on any atom is -0.497 e. The van der Waals surface area contributed by atoms with Crippen molar-refractivity contribution in [2.24, 2.45) is 0 Å². The molecule has 0 aliphatic carbocycles. The molecule has 1 aromatic carbocycles. The van der Waals surface area contributed by atoms with Gasteiger partial charge in [-0.15, -0.1) is 0 Å². The van der Waals surface area contributed by atoms with Gasteiger partial charge in [0, 0.05) is 37.1 Å². The lowest BCUT2D eigenvalue weighted by Gasteiger charge is -2.29. The molecule has 1 aromatic heterocycles. The first-order valence-corrected chi connectivity index (χ1v) is 8.46. The molecule has 1 aliphatic heterocycles. The second-order valence-electron chi connectivity index (χ2n) is 6.26. The van der Waals surface area contributed by atoms with Crippen molar-refractivity contribution in [3.63, 3.8) is 0 Å². The number of benzene rings is 1. The second kappa shape index (κ2) is 7.76. The Labute approximate surface area is 147 Å². The van der Waals surface area contributed by atoms with E-state index in [4.69, 9.17) is 14.2 Å². The van der Waals surface area contributed by atoms with Gasteiger partial charge in [-0.3, -0.25) is 9.69 Å². The summed E-state index contributed by atoms with van der Waals surface area (Å²) in [5.41, 5.74) is 1.30. The molecule has 1 aliphatic rings. The van der Waals surface area contributed by atoms with Crippen LogP contribution in [0.4, 0.5) is 0 Å². The van der Waals surface area contributed by atoms with Crippen molar-refractivity contribution in [3.05, 3.63) is 23.9 Å². The van der Waals surface area contributed by atoms with Crippen molar-refractivity contribution >= 4 is 16.8 Å². The zero-order valence-electron chi connectivity index (χ0n) is 14.9. The molecule has 136 valence electrons. The van der Waals surface area contributed by atoms with Gasteiger partial charge in [0.25, 0.3) is 5.91 Å². The van der Waals surface area contributed by atoms with Gasteiger partial charge in [0.2, 0.25) is 0 Å². The third-order valence-corrected chi connectivity index (χ3v) is 4.38. The molecule has 1 fully saturated rings. The molecule has 25 heavy (non-hydrogen) atoms. The first-order chi connectivity index (χ1) is 12.1. The Hall–Kier alpha value is -2.25. The Morgan fingerprint density at radius 1 is 1.28 bits per heavy atom. The molecule has 7 nitrogen and oxygen atoms in total. The van der Waals surface area contributed by atoms with Gasteiger partial charge in [-0.25, -0.2) is 0 Å². The molecule has 3 rings (SSSR count). The van der Waals surface area contributed by atoms with E-state index in [1.54, 1.807) is 20.3 Å². The van der Waals surface area contributed by atoms with Crippen LogP contribution in [0.5, 0.6) is 11.5 Å². The number of nitrogens with zero attached hydrogens (tertiary/aromatic N) is 1. The van der Waals surface area contributed by atoms with Gasteiger partial charge >= 0.3 is 0 Å². The van der Waals surface area contributed by atoms with Crippen LogP contribution in [0.15, 0.2) is 18.2 Å². The summed E-state index contributed by atoms with van der Waals surface area (Å²) in [6, 6.07) is 5.54. The van der Waals surface area contributed by atoms with Crippen molar-refractivity contribution < 1.29 is 19.0 Å². The number of ether oxygens (including phenoxy) is 3. The summed E-state index contributed by atoms with van der Waals surface area (Å²) in [6.45, 7) is 6.15. The van der Waals surface area contributed by atoms with Crippen LogP contribution in [0.2, 0.25) is 0 Å². The maximum Gasteiger partial charge on any atom is 0.267 e. The van der Waals surface area contributed by atoms with E-state index < -0.39 is 0 Å². The molecular weight excluding hydrogens is 322 g/mol. The summed E-state index contributed by atoms with van der Waals surface area (Å²) in [6.07, 6.45) is 0. The van der Waals surface area contributed by atoms with Crippen molar-refractivity contribution in [2.45, 2.75) is 13.0 Å². The minimum absolute atomic E-state index is 0.0495. The van der Waals surface area contributed by atoms with Crippen LogP contribution in [-0.4, -0.2) is 68.9 Å². The van der Waals surface area contributed by atoms with E-state index in [1.165, 1.54) is 0 Å². The highest BCUT2D eigenvalue weighted by Gasteiger charge is 2.18. The van der Waals surface area contributed by atoms with Gasteiger partial charge in [0.1, 0.15) is 17.2 Å².